The second-order valence-corrected chi connectivity index (χ2v) is 7.62. The highest BCUT2D eigenvalue weighted by Crippen LogP contribution is 2.32. The molecule has 0 radical (unpaired) electrons. The van der Waals surface area contributed by atoms with Crippen LogP contribution >= 0.6 is 15.9 Å². The number of methoxy groups -OCH3 is 1. The van der Waals surface area contributed by atoms with Crippen LogP contribution in [0.15, 0.2) is 57.5 Å². The van der Waals surface area contributed by atoms with Crippen LogP contribution in [0.2, 0.25) is 0 Å². The molecule has 0 bridgehead atoms. The number of amides is 1. The quantitative estimate of drug-likeness (QED) is 0.577. The molecule has 0 aliphatic carbocycles. The van der Waals surface area contributed by atoms with E-state index in [1.807, 2.05) is 53.4 Å². The van der Waals surface area contributed by atoms with Crippen LogP contribution in [0.25, 0.3) is 11.4 Å². The van der Waals surface area contributed by atoms with Crippen LogP contribution in [0.1, 0.15) is 41.6 Å². The highest BCUT2D eigenvalue weighted by Gasteiger charge is 2.32. The van der Waals surface area contributed by atoms with Crippen LogP contribution in [0, 0.1) is 0 Å². The number of carbonyl (C=O) groups is 1. The van der Waals surface area contributed by atoms with Crippen LogP contribution in [-0.4, -0.2) is 34.6 Å². The van der Waals surface area contributed by atoms with Gasteiger partial charge in [0.15, 0.2) is 0 Å². The van der Waals surface area contributed by atoms with Crippen molar-refractivity contribution in [1.29, 1.82) is 0 Å². The van der Waals surface area contributed by atoms with E-state index in [4.69, 9.17) is 9.26 Å². The Morgan fingerprint density at radius 2 is 1.89 bits per heavy atom. The number of likely N-dealkylation sites (tertiary alicyclic amines) is 1. The summed E-state index contributed by atoms with van der Waals surface area (Å²) in [5.41, 5.74) is 1.50. The molecule has 0 spiro atoms. The Morgan fingerprint density at radius 1 is 1.14 bits per heavy atom. The van der Waals surface area contributed by atoms with Crippen molar-refractivity contribution in [2.24, 2.45) is 0 Å². The van der Waals surface area contributed by atoms with E-state index in [-0.39, 0.29) is 11.9 Å². The zero-order chi connectivity index (χ0) is 19.5. The van der Waals surface area contributed by atoms with Crippen LogP contribution in [0.5, 0.6) is 5.75 Å². The molecule has 1 saturated heterocycles. The number of rotatable bonds is 4. The topological polar surface area (TPSA) is 68.5 Å². The van der Waals surface area contributed by atoms with Crippen molar-refractivity contribution in [3.05, 3.63) is 64.5 Å². The molecule has 1 aliphatic heterocycles. The van der Waals surface area contributed by atoms with Crippen molar-refractivity contribution in [2.45, 2.75) is 25.3 Å². The third-order valence-electron chi connectivity index (χ3n) is 4.93. The van der Waals surface area contributed by atoms with Crippen molar-refractivity contribution in [3.8, 4) is 17.1 Å². The fraction of sp³-hybridized carbons (Fsp3) is 0.286. The summed E-state index contributed by atoms with van der Waals surface area (Å²) in [6.45, 7) is 0.680. The minimum atomic E-state index is -0.204. The van der Waals surface area contributed by atoms with E-state index < -0.39 is 0 Å². The molecular weight excluding hydrogens is 422 g/mol. The zero-order valence-corrected chi connectivity index (χ0v) is 17.1. The van der Waals surface area contributed by atoms with Crippen LogP contribution in [0.4, 0.5) is 0 Å². The van der Waals surface area contributed by atoms with E-state index in [0.29, 0.717) is 23.8 Å². The van der Waals surface area contributed by atoms with Crippen LogP contribution in [0.3, 0.4) is 0 Å². The second-order valence-electron chi connectivity index (χ2n) is 6.70. The maximum atomic E-state index is 13.0. The van der Waals surface area contributed by atoms with Crippen molar-refractivity contribution in [1.82, 2.24) is 15.0 Å². The van der Waals surface area contributed by atoms with Gasteiger partial charge in [-0.3, -0.25) is 4.79 Å². The van der Waals surface area contributed by atoms with Gasteiger partial charge in [-0.2, -0.15) is 4.98 Å². The van der Waals surface area contributed by atoms with E-state index in [1.165, 1.54) is 0 Å². The molecule has 1 aromatic heterocycles. The average molecular weight is 442 g/mol. The average Bonchev–Trinajstić information content (AvgIpc) is 3.24. The molecule has 1 fully saturated rings. The van der Waals surface area contributed by atoms with Crippen molar-refractivity contribution in [3.63, 3.8) is 0 Å². The predicted molar refractivity (Wildman–Crippen MR) is 108 cm³/mol. The van der Waals surface area contributed by atoms with Gasteiger partial charge >= 0.3 is 0 Å². The first kappa shape index (κ1) is 18.7. The van der Waals surface area contributed by atoms with Gasteiger partial charge in [0.05, 0.1) is 7.11 Å². The summed E-state index contributed by atoms with van der Waals surface area (Å²) in [5, 5.41) is 4.12. The highest BCUT2D eigenvalue weighted by atomic mass is 79.9. The van der Waals surface area contributed by atoms with E-state index in [9.17, 15) is 4.79 Å². The predicted octanol–water partition coefficient (Wildman–Crippen LogP) is 4.88. The lowest BCUT2D eigenvalue weighted by Crippen LogP contribution is -2.38. The summed E-state index contributed by atoms with van der Waals surface area (Å²) in [4.78, 5) is 19.5. The lowest BCUT2D eigenvalue weighted by Gasteiger charge is -2.33. The molecule has 4 rings (SSSR count). The molecule has 3 aromatic rings. The van der Waals surface area contributed by atoms with Gasteiger partial charge in [-0.15, -0.1) is 0 Å². The standard InChI is InChI=1S/C21H20BrN3O3/c1-27-17-11-7-14(8-12-17)19-23-20(28-24-19)18-4-2-3-13-25(18)21(26)15-5-9-16(22)10-6-15/h5-12,18H,2-4,13H2,1H3. The first-order valence-electron chi connectivity index (χ1n) is 9.20. The van der Waals surface area contributed by atoms with Gasteiger partial charge in [-0.1, -0.05) is 21.1 Å². The van der Waals surface area contributed by atoms with Crippen molar-refractivity contribution in [2.75, 3.05) is 13.7 Å². The monoisotopic (exact) mass is 441 g/mol. The number of carbonyl (C=O) groups excluding carboxylic acids is 1. The van der Waals surface area contributed by atoms with Crippen LogP contribution < -0.4 is 4.74 Å². The first-order valence-corrected chi connectivity index (χ1v) is 9.99. The molecular formula is C21H20BrN3O3. The Bertz CT molecular complexity index is 954. The van der Waals surface area contributed by atoms with Gasteiger partial charge in [0, 0.05) is 22.1 Å². The number of halogens is 1. The summed E-state index contributed by atoms with van der Waals surface area (Å²) in [7, 11) is 1.63. The van der Waals surface area contributed by atoms with Crippen molar-refractivity contribution < 1.29 is 14.1 Å². The summed E-state index contributed by atoms with van der Waals surface area (Å²) in [5.74, 6) is 1.75. The molecule has 28 heavy (non-hydrogen) atoms. The first-order chi connectivity index (χ1) is 13.7. The largest absolute Gasteiger partial charge is 0.497 e. The Hall–Kier alpha value is -2.67. The smallest absolute Gasteiger partial charge is 0.254 e. The molecule has 1 atom stereocenters. The highest BCUT2D eigenvalue weighted by molar-refractivity contribution is 9.10. The third-order valence-corrected chi connectivity index (χ3v) is 5.46. The maximum absolute atomic E-state index is 13.0. The van der Waals surface area contributed by atoms with E-state index in [0.717, 1.165) is 35.0 Å². The maximum Gasteiger partial charge on any atom is 0.254 e. The summed E-state index contributed by atoms with van der Waals surface area (Å²) in [6.07, 6.45) is 2.81. The second kappa shape index (κ2) is 8.14. The van der Waals surface area contributed by atoms with Gasteiger partial charge < -0.3 is 14.2 Å². The fourth-order valence-electron chi connectivity index (χ4n) is 3.42. The summed E-state index contributed by atoms with van der Waals surface area (Å²) >= 11 is 3.41. The number of nitrogens with zero attached hydrogens (tertiary/aromatic N) is 3. The Morgan fingerprint density at radius 3 is 2.61 bits per heavy atom. The molecule has 144 valence electrons. The lowest BCUT2D eigenvalue weighted by molar-refractivity contribution is 0.0561. The normalized spacial score (nSPS) is 16.8. The number of aromatic nitrogens is 2. The minimum Gasteiger partial charge on any atom is -0.497 e. The zero-order valence-electron chi connectivity index (χ0n) is 15.5. The van der Waals surface area contributed by atoms with Gasteiger partial charge in [0.2, 0.25) is 11.7 Å². The molecule has 1 aliphatic rings. The Labute approximate surface area is 171 Å². The molecule has 0 N–H and O–H groups in total. The molecule has 1 amide bonds. The molecule has 2 heterocycles. The number of hydrogen-bond donors (Lipinski definition) is 0. The van der Waals surface area contributed by atoms with E-state index >= 15 is 0 Å². The number of benzene rings is 2. The van der Waals surface area contributed by atoms with E-state index in [1.54, 1.807) is 7.11 Å². The van der Waals surface area contributed by atoms with Gasteiger partial charge in [-0.05, 0) is 67.8 Å². The molecule has 2 aromatic carbocycles. The molecule has 1 unspecified atom stereocenters. The summed E-state index contributed by atoms with van der Waals surface area (Å²) < 4.78 is 11.7. The minimum absolute atomic E-state index is 0.0126. The van der Waals surface area contributed by atoms with Gasteiger partial charge in [0.25, 0.3) is 5.91 Å². The van der Waals surface area contributed by atoms with E-state index in [2.05, 4.69) is 26.1 Å². The third kappa shape index (κ3) is 3.80. The SMILES string of the molecule is COc1ccc(-c2noc(C3CCCCN3C(=O)c3ccc(Br)cc3)n2)cc1. The van der Waals surface area contributed by atoms with Crippen LogP contribution in [-0.2, 0) is 0 Å². The molecule has 0 saturated carbocycles. The lowest BCUT2D eigenvalue weighted by atomic mass is 10.0. The van der Waals surface area contributed by atoms with Gasteiger partial charge in [-0.25, -0.2) is 0 Å². The molecule has 6 nitrogen and oxygen atoms in total. The Balaban J connectivity index is 1.58. The number of ether oxygens (including phenoxy) is 1. The summed E-state index contributed by atoms with van der Waals surface area (Å²) in [6, 6.07) is 14.7. The Kier molecular flexibility index (Phi) is 5.43. The number of piperidine rings is 1. The fourth-order valence-corrected chi connectivity index (χ4v) is 3.68. The van der Waals surface area contributed by atoms with Gasteiger partial charge in [0.1, 0.15) is 11.8 Å². The van der Waals surface area contributed by atoms with Crippen molar-refractivity contribution >= 4 is 21.8 Å². The number of hydrogen-bond acceptors (Lipinski definition) is 5. The molecule has 7 heteroatoms.